The predicted octanol–water partition coefficient (Wildman–Crippen LogP) is 16.8. The highest BCUT2D eigenvalue weighted by molar-refractivity contribution is 5.93. The smallest absolute Gasteiger partial charge is 0.187 e. The molecule has 72 heavy (non-hydrogen) atoms. The highest BCUT2D eigenvalue weighted by Gasteiger charge is 2.19. The molecule has 0 N–H and O–H groups in total. The van der Waals surface area contributed by atoms with Crippen LogP contribution in [0.25, 0.3) is 83.1 Å². The molecule has 7 aromatic carbocycles. The topological polar surface area (TPSA) is 66.8 Å². The molecule has 5 heteroatoms. The number of hydrogen-bond acceptors (Lipinski definition) is 4. The predicted molar refractivity (Wildman–Crippen MR) is 295 cm³/mol. The molecule has 0 saturated carbocycles. The fourth-order valence-electron chi connectivity index (χ4n) is 9.41. The molecule has 0 radical (unpaired) electrons. The molecular weight excluding hydrogens is 875 g/mol. The van der Waals surface area contributed by atoms with Gasteiger partial charge in [0.2, 0.25) is 0 Å². The Kier molecular flexibility index (Phi) is 13.6. The largest absolute Gasteiger partial charge is 0.256 e. The monoisotopic (exact) mass is 927 g/mol. The van der Waals surface area contributed by atoms with Crippen molar-refractivity contribution in [2.45, 2.75) is 51.9 Å². The van der Waals surface area contributed by atoms with Crippen molar-refractivity contribution in [2.75, 3.05) is 0 Å². The molecular formula is C67H53N5. The minimum atomic E-state index is 0.000937. The SMILES string of the molecule is [C-]#[N+]c1cccc(-c2ccc(CCc3cc(CCc4ccc(-c5cccc(C#N)c5)nc4)cc(-c4ccccc4-c4cnc(-c5cccc(C(C)(C)C)c5)cc4-c4ccc(-c5ccccc5)cc4)c3)cn2)c1. The van der Waals surface area contributed by atoms with E-state index in [2.05, 4.69) is 190 Å². The van der Waals surface area contributed by atoms with Crippen LogP contribution in [0.2, 0.25) is 0 Å². The zero-order valence-corrected chi connectivity index (χ0v) is 40.8. The fraction of sp³-hybridized carbons (Fsp3) is 0.119. The molecule has 10 aromatic rings. The Hall–Kier alpha value is -9.03. The maximum atomic E-state index is 9.47. The third-order valence-electron chi connectivity index (χ3n) is 13.4. The Morgan fingerprint density at radius 1 is 0.403 bits per heavy atom. The van der Waals surface area contributed by atoms with E-state index in [1.165, 1.54) is 27.8 Å². The van der Waals surface area contributed by atoms with Gasteiger partial charge in [-0.15, -0.1) is 0 Å². The molecule has 5 nitrogen and oxygen atoms in total. The van der Waals surface area contributed by atoms with Gasteiger partial charge in [0, 0.05) is 35.3 Å². The second kappa shape index (κ2) is 20.9. The third-order valence-corrected chi connectivity index (χ3v) is 13.4. The zero-order valence-electron chi connectivity index (χ0n) is 40.8. The van der Waals surface area contributed by atoms with Crippen molar-refractivity contribution >= 4 is 5.69 Å². The van der Waals surface area contributed by atoms with Gasteiger partial charge < -0.3 is 0 Å². The summed E-state index contributed by atoms with van der Waals surface area (Å²) in [7, 11) is 0. The molecule has 0 aliphatic heterocycles. The standard InChI is InChI=1S/C67H53N5/c1-67(2,3)58-19-11-17-55(39-58)66-41-62(53-31-29-52(30-32-53)51-14-6-5-7-15-51)63(45-72-66)61-22-9-8-21-60(61)57-36-48(25-23-46-27-33-64(70-43-46)54-16-10-13-50(38-54)42-68)35-49(37-57)26-24-47-28-34-65(71-44-47)56-18-12-20-59(40-56)69-4/h5-22,27-41,43-45H,23-26H2,1-3H3. The third kappa shape index (κ3) is 10.7. The Morgan fingerprint density at radius 3 is 1.57 bits per heavy atom. The first-order valence-corrected chi connectivity index (χ1v) is 24.6. The maximum Gasteiger partial charge on any atom is 0.187 e. The lowest BCUT2D eigenvalue weighted by Crippen LogP contribution is -2.10. The van der Waals surface area contributed by atoms with Crippen LogP contribution in [0.4, 0.5) is 5.69 Å². The second-order valence-electron chi connectivity index (χ2n) is 19.4. The summed E-state index contributed by atoms with van der Waals surface area (Å²) in [4.78, 5) is 18.5. The van der Waals surface area contributed by atoms with E-state index in [9.17, 15) is 5.26 Å². The van der Waals surface area contributed by atoms with Crippen molar-refractivity contribution in [3.63, 3.8) is 0 Å². The Morgan fingerprint density at radius 2 is 0.944 bits per heavy atom. The molecule has 0 saturated heterocycles. The summed E-state index contributed by atoms with van der Waals surface area (Å²) in [5.74, 6) is 0. The molecule has 0 spiro atoms. The van der Waals surface area contributed by atoms with Gasteiger partial charge in [-0.25, -0.2) is 4.85 Å². The van der Waals surface area contributed by atoms with Crippen LogP contribution in [0.5, 0.6) is 0 Å². The van der Waals surface area contributed by atoms with Gasteiger partial charge in [0.15, 0.2) is 5.69 Å². The van der Waals surface area contributed by atoms with E-state index in [4.69, 9.17) is 21.5 Å². The van der Waals surface area contributed by atoms with Gasteiger partial charge in [-0.3, -0.25) is 15.0 Å². The molecule has 10 rings (SSSR count). The Bertz CT molecular complexity index is 3490. The van der Waals surface area contributed by atoms with Crippen LogP contribution in [0, 0.1) is 17.9 Å². The van der Waals surface area contributed by atoms with E-state index in [0.717, 1.165) is 104 Å². The number of rotatable bonds is 13. The summed E-state index contributed by atoms with van der Waals surface area (Å²) in [6, 6.07) is 72.3. The fourth-order valence-corrected chi connectivity index (χ4v) is 9.41. The van der Waals surface area contributed by atoms with Gasteiger partial charge >= 0.3 is 0 Å². The molecule has 0 aliphatic carbocycles. The summed E-state index contributed by atoms with van der Waals surface area (Å²) in [5.41, 5.74) is 22.0. The molecule has 0 fully saturated rings. The van der Waals surface area contributed by atoms with Crippen molar-refractivity contribution in [3.05, 3.63) is 264 Å². The van der Waals surface area contributed by atoms with Crippen LogP contribution < -0.4 is 0 Å². The molecule has 3 heterocycles. The Labute approximate surface area is 423 Å². The second-order valence-corrected chi connectivity index (χ2v) is 19.4. The van der Waals surface area contributed by atoms with Crippen molar-refractivity contribution in [3.8, 4) is 84.3 Å². The van der Waals surface area contributed by atoms with Gasteiger partial charge in [0.1, 0.15) is 0 Å². The summed E-state index contributed by atoms with van der Waals surface area (Å²) < 4.78 is 0. The van der Waals surface area contributed by atoms with Crippen LogP contribution in [0.1, 0.15) is 54.2 Å². The first-order chi connectivity index (χ1) is 35.2. The number of benzene rings is 7. The summed E-state index contributed by atoms with van der Waals surface area (Å²) in [6.45, 7) is 14.2. The number of nitriles is 1. The lowest BCUT2D eigenvalue weighted by atomic mass is 9.85. The molecule has 0 bridgehead atoms. The van der Waals surface area contributed by atoms with E-state index in [1.54, 1.807) is 0 Å². The zero-order chi connectivity index (χ0) is 49.4. The average Bonchev–Trinajstić information content (AvgIpc) is 3.44. The van der Waals surface area contributed by atoms with E-state index >= 15 is 0 Å². The van der Waals surface area contributed by atoms with Crippen molar-refractivity contribution in [1.82, 2.24) is 15.0 Å². The van der Waals surface area contributed by atoms with Gasteiger partial charge in [-0.2, -0.15) is 5.26 Å². The minimum absolute atomic E-state index is 0.000937. The van der Waals surface area contributed by atoms with Gasteiger partial charge in [0.25, 0.3) is 0 Å². The highest BCUT2D eigenvalue weighted by atomic mass is 14.7. The van der Waals surface area contributed by atoms with Gasteiger partial charge in [-0.1, -0.05) is 178 Å². The molecule has 0 atom stereocenters. The quantitative estimate of drug-likeness (QED) is 0.108. The average molecular weight is 928 g/mol. The Balaban J connectivity index is 1.02. The van der Waals surface area contributed by atoms with E-state index in [1.807, 2.05) is 60.9 Å². The van der Waals surface area contributed by atoms with Crippen LogP contribution in [0.3, 0.4) is 0 Å². The molecule has 0 unspecified atom stereocenters. The van der Waals surface area contributed by atoms with E-state index in [0.29, 0.717) is 11.3 Å². The molecule has 346 valence electrons. The van der Waals surface area contributed by atoms with Gasteiger partial charge in [-0.05, 0) is 146 Å². The van der Waals surface area contributed by atoms with Crippen molar-refractivity contribution in [1.29, 1.82) is 5.26 Å². The van der Waals surface area contributed by atoms with Crippen molar-refractivity contribution in [2.24, 2.45) is 0 Å². The highest BCUT2D eigenvalue weighted by Crippen LogP contribution is 2.41. The van der Waals surface area contributed by atoms with Crippen LogP contribution in [-0.4, -0.2) is 15.0 Å². The number of nitrogens with zero attached hydrogens (tertiary/aromatic N) is 5. The van der Waals surface area contributed by atoms with E-state index < -0.39 is 0 Å². The lowest BCUT2D eigenvalue weighted by molar-refractivity contribution is 0.590. The molecule has 0 amide bonds. The summed E-state index contributed by atoms with van der Waals surface area (Å²) >= 11 is 0. The minimum Gasteiger partial charge on any atom is -0.256 e. The van der Waals surface area contributed by atoms with E-state index in [-0.39, 0.29) is 5.41 Å². The molecule has 0 aliphatic rings. The summed E-state index contributed by atoms with van der Waals surface area (Å²) in [5, 5.41) is 9.47. The van der Waals surface area contributed by atoms with Crippen molar-refractivity contribution < 1.29 is 0 Å². The number of aryl methyl sites for hydroxylation is 4. The van der Waals surface area contributed by atoms with Crippen LogP contribution in [0.15, 0.2) is 219 Å². The first kappa shape index (κ1) is 46.7. The summed E-state index contributed by atoms with van der Waals surface area (Å²) in [6.07, 6.45) is 9.31. The first-order valence-electron chi connectivity index (χ1n) is 24.6. The van der Waals surface area contributed by atoms with Crippen LogP contribution >= 0.6 is 0 Å². The molecule has 3 aromatic heterocycles. The lowest BCUT2D eigenvalue weighted by Gasteiger charge is -2.20. The maximum absolute atomic E-state index is 9.47. The number of hydrogen-bond donors (Lipinski definition) is 0. The number of aromatic nitrogens is 3. The number of pyridine rings is 3. The van der Waals surface area contributed by atoms with Crippen LogP contribution in [-0.2, 0) is 31.1 Å². The van der Waals surface area contributed by atoms with Gasteiger partial charge in [0.05, 0.1) is 35.3 Å². The normalized spacial score (nSPS) is 11.2.